The van der Waals surface area contributed by atoms with E-state index < -0.39 is 0 Å². The third kappa shape index (κ3) is 4.95. The number of carbonyl (C=O) groups is 1. The molecule has 3 rings (SSSR count). The summed E-state index contributed by atoms with van der Waals surface area (Å²) < 4.78 is 5.48. The van der Waals surface area contributed by atoms with E-state index in [2.05, 4.69) is 17.4 Å². The first kappa shape index (κ1) is 18.2. The number of nitrogens with zero attached hydrogens (tertiary/aromatic N) is 1. The van der Waals surface area contributed by atoms with Gasteiger partial charge >= 0.3 is 0 Å². The maximum Gasteiger partial charge on any atom is 0.239 e. The topological polar surface area (TPSA) is 61.8 Å². The molecule has 2 fully saturated rings. The van der Waals surface area contributed by atoms with E-state index in [0.717, 1.165) is 38.1 Å². The second-order valence-electron chi connectivity index (χ2n) is 7.23. The zero-order chi connectivity index (χ0) is 17.6. The van der Waals surface area contributed by atoms with Gasteiger partial charge in [0.05, 0.1) is 18.8 Å². The second kappa shape index (κ2) is 8.68. The Kier molecular flexibility index (Phi) is 6.32. The Bertz CT molecular complexity index is 553. The van der Waals surface area contributed by atoms with Gasteiger partial charge in [-0.25, -0.2) is 0 Å². The van der Waals surface area contributed by atoms with Crippen LogP contribution in [0.5, 0.6) is 5.75 Å². The highest BCUT2D eigenvalue weighted by molar-refractivity contribution is 5.82. The quantitative estimate of drug-likeness (QED) is 0.827. The summed E-state index contributed by atoms with van der Waals surface area (Å²) in [6.45, 7) is 4.93. The fourth-order valence-electron chi connectivity index (χ4n) is 3.86. The lowest BCUT2D eigenvalue weighted by Crippen LogP contribution is -2.47. The van der Waals surface area contributed by atoms with Gasteiger partial charge in [-0.15, -0.1) is 0 Å². The molecule has 138 valence electrons. The number of amides is 1. The summed E-state index contributed by atoms with van der Waals surface area (Å²) in [5.74, 6) is 1.79. The fraction of sp³-hybridized carbons (Fsp3) is 0.650. The maximum atomic E-state index is 12.5. The number of hydrogen-bond donors (Lipinski definition) is 2. The number of carbonyl (C=O) groups excluding carboxylic acids is 1. The molecule has 0 bridgehead atoms. The second-order valence-corrected chi connectivity index (χ2v) is 7.23. The molecule has 0 saturated carbocycles. The van der Waals surface area contributed by atoms with Gasteiger partial charge < -0.3 is 20.1 Å². The van der Waals surface area contributed by atoms with E-state index in [4.69, 9.17) is 4.74 Å². The van der Waals surface area contributed by atoms with E-state index in [1.165, 1.54) is 12.0 Å². The number of ether oxygens (including phenoxy) is 1. The first-order chi connectivity index (χ1) is 12.2. The van der Waals surface area contributed by atoms with Gasteiger partial charge in [0.1, 0.15) is 5.75 Å². The largest absolute Gasteiger partial charge is 0.494 e. The highest BCUT2D eigenvalue weighted by Gasteiger charge is 2.32. The minimum atomic E-state index is -0.374. The Morgan fingerprint density at radius 1 is 1.28 bits per heavy atom. The summed E-state index contributed by atoms with van der Waals surface area (Å²) in [6.07, 6.45) is 4.60. The van der Waals surface area contributed by atoms with Crippen molar-refractivity contribution in [1.29, 1.82) is 0 Å². The number of likely N-dealkylation sites (tertiary alicyclic amines) is 1. The number of piperidine rings is 1. The Balaban J connectivity index is 1.39. The summed E-state index contributed by atoms with van der Waals surface area (Å²) >= 11 is 0. The Labute approximate surface area is 150 Å². The van der Waals surface area contributed by atoms with Crippen molar-refractivity contribution in [2.24, 2.45) is 5.92 Å². The molecule has 1 aromatic rings. The van der Waals surface area contributed by atoms with Crippen LogP contribution in [0.4, 0.5) is 0 Å². The molecule has 2 heterocycles. The first-order valence-corrected chi connectivity index (χ1v) is 9.57. The molecule has 2 unspecified atom stereocenters. The first-order valence-electron chi connectivity index (χ1n) is 9.57. The van der Waals surface area contributed by atoms with Crippen LogP contribution in [-0.2, 0) is 11.2 Å². The van der Waals surface area contributed by atoms with Gasteiger partial charge in [-0.2, -0.15) is 0 Å². The number of aryl methyl sites for hydroxylation is 1. The van der Waals surface area contributed by atoms with Crippen molar-refractivity contribution < 1.29 is 14.6 Å². The van der Waals surface area contributed by atoms with Crippen LogP contribution < -0.4 is 10.1 Å². The van der Waals surface area contributed by atoms with Crippen LogP contribution in [0.1, 0.15) is 38.2 Å². The summed E-state index contributed by atoms with van der Waals surface area (Å²) in [7, 11) is 0. The smallest absolute Gasteiger partial charge is 0.239 e. The van der Waals surface area contributed by atoms with Gasteiger partial charge in [0.2, 0.25) is 5.91 Å². The minimum Gasteiger partial charge on any atom is -0.494 e. The highest BCUT2D eigenvalue weighted by Crippen LogP contribution is 2.24. The molecule has 2 aliphatic heterocycles. The van der Waals surface area contributed by atoms with Crippen molar-refractivity contribution in [2.45, 2.75) is 51.2 Å². The van der Waals surface area contributed by atoms with Crippen LogP contribution in [0.25, 0.3) is 0 Å². The minimum absolute atomic E-state index is 0.168. The van der Waals surface area contributed by atoms with E-state index in [1.54, 1.807) is 0 Å². The van der Waals surface area contributed by atoms with E-state index in [1.807, 2.05) is 24.0 Å². The molecule has 1 aromatic carbocycles. The van der Waals surface area contributed by atoms with E-state index in [-0.39, 0.29) is 18.1 Å². The van der Waals surface area contributed by atoms with Crippen LogP contribution >= 0.6 is 0 Å². The van der Waals surface area contributed by atoms with Crippen LogP contribution in [-0.4, -0.2) is 54.3 Å². The molecule has 2 aliphatic rings. The molecule has 25 heavy (non-hydrogen) atoms. The SMILES string of the molecule is CCOc1ccc(CCC2CCN(C(=O)C3CC(O)CN3)CC2)cc1. The third-order valence-corrected chi connectivity index (χ3v) is 5.41. The Morgan fingerprint density at radius 3 is 2.60 bits per heavy atom. The average molecular weight is 346 g/mol. The lowest BCUT2D eigenvalue weighted by Gasteiger charge is -2.33. The van der Waals surface area contributed by atoms with Crippen LogP contribution in [0.15, 0.2) is 24.3 Å². The highest BCUT2D eigenvalue weighted by atomic mass is 16.5. The van der Waals surface area contributed by atoms with Gasteiger partial charge in [-0.05, 0) is 62.6 Å². The molecular weight excluding hydrogens is 316 g/mol. The number of nitrogens with one attached hydrogen (secondary N) is 1. The van der Waals surface area contributed by atoms with Gasteiger partial charge in [0.25, 0.3) is 0 Å². The van der Waals surface area contributed by atoms with Gasteiger partial charge in [-0.3, -0.25) is 4.79 Å². The number of β-amino-alcohol motifs (C(OH)–C–C–N with tert-alkyl or cyclic N) is 1. The molecule has 0 spiro atoms. The number of hydrogen-bond acceptors (Lipinski definition) is 4. The molecule has 5 nitrogen and oxygen atoms in total. The molecule has 5 heteroatoms. The molecule has 0 radical (unpaired) electrons. The summed E-state index contributed by atoms with van der Waals surface area (Å²) in [6, 6.07) is 8.21. The van der Waals surface area contributed by atoms with Crippen molar-refractivity contribution in [3.8, 4) is 5.75 Å². The van der Waals surface area contributed by atoms with Crippen LogP contribution in [0.3, 0.4) is 0 Å². The summed E-state index contributed by atoms with van der Waals surface area (Å²) in [4.78, 5) is 14.4. The predicted octanol–water partition coefficient (Wildman–Crippen LogP) is 1.98. The van der Waals surface area contributed by atoms with Crippen molar-refractivity contribution in [2.75, 3.05) is 26.2 Å². The van der Waals surface area contributed by atoms with Crippen LogP contribution in [0.2, 0.25) is 0 Å². The lowest BCUT2D eigenvalue weighted by molar-refractivity contribution is -0.134. The fourth-order valence-corrected chi connectivity index (χ4v) is 3.86. The summed E-state index contributed by atoms with van der Waals surface area (Å²) in [5.41, 5.74) is 1.35. The Morgan fingerprint density at radius 2 is 2.00 bits per heavy atom. The van der Waals surface area contributed by atoms with E-state index in [0.29, 0.717) is 25.5 Å². The molecule has 2 atom stereocenters. The maximum absolute atomic E-state index is 12.5. The summed E-state index contributed by atoms with van der Waals surface area (Å²) in [5, 5.41) is 12.7. The van der Waals surface area contributed by atoms with Crippen molar-refractivity contribution in [3.63, 3.8) is 0 Å². The molecule has 2 saturated heterocycles. The predicted molar refractivity (Wildman–Crippen MR) is 97.7 cm³/mol. The van der Waals surface area contributed by atoms with Gasteiger partial charge in [-0.1, -0.05) is 12.1 Å². The van der Waals surface area contributed by atoms with E-state index in [9.17, 15) is 9.90 Å². The number of aliphatic hydroxyl groups excluding tert-OH is 1. The molecular formula is C20H30N2O3. The molecule has 0 aliphatic carbocycles. The number of aliphatic hydroxyl groups is 1. The number of rotatable bonds is 6. The Hall–Kier alpha value is -1.59. The van der Waals surface area contributed by atoms with Crippen molar-refractivity contribution in [1.82, 2.24) is 10.2 Å². The number of benzene rings is 1. The van der Waals surface area contributed by atoms with Crippen LogP contribution in [0, 0.1) is 5.92 Å². The normalized spacial score (nSPS) is 24.5. The molecule has 0 aromatic heterocycles. The standard InChI is InChI=1S/C20H30N2O3/c1-2-25-18-7-5-15(6-8-18)3-4-16-9-11-22(12-10-16)20(24)19-13-17(23)14-21-19/h5-8,16-17,19,21,23H,2-4,9-14H2,1H3. The average Bonchev–Trinajstić information content (AvgIpc) is 3.08. The molecule has 2 N–H and O–H groups in total. The monoisotopic (exact) mass is 346 g/mol. The van der Waals surface area contributed by atoms with Crippen molar-refractivity contribution in [3.05, 3.63) is 29.8 Å². The zero-order valence-electron chi connectivity index (χ0n) is 15.1. The lowest BCUT2D eigenvalue weighted by atomic mass is 9.90. The molecule has 1 amide bonds. The van der Waals surface area contributed by atoms with Gasteiger partial charge in [0, 0.05) is 19.6 Å². The van der Waals surface area contributed by atoms with Crippen molar-refractivity contribution >= 4 is 5.91 Å². The third-order valence-electron chi connectivity index (χ3n) is 5.41. The van der Waals surface area contributed by atoms with E-state index >= 15 is 0 Å². The van der Waals surface area contributed by atoms with Gasteiger partial charge in [0.15, 0.2) is 0 Å². The zero-order valence-corrected chi connectivity index (χ0v) is 15.1.